The molecule has 2 N–H and O–H groups in total. The second-order valence-corrected chi connectivity index (χ2v) is 5.19. The Bertz CT molecular complexity index is 440. The highest BCUT2D eigenvalue weighted by Gasteiger charge is 1.92. The monoisotopic (exact) mass is 318 g/mol. The highest BCUT2D eigenvalue weighted by atomic mass is 16.4. The third kappa shape index (κ3) is 17.9. The predicted octanol–water partition coefficient (Wildman–Crippen LogP) is 5.88. The predicted molar refractivity (Wildman–Crippen MR) is 97.5 cm³/mol. The van der Waals surface area contributed by atoms with Crippen molar-refractivity contribution in [2.24, 2.45) is 0 Å². The quantitative estimate of drug-likeness (QED) is 0.253. The summed E-state index contributed by atoms with van der Waals surface area (Å²) < 4.78 is 0. The van der Waals surface area contributed by atoms with E-state index in [1.54, 1.807) is 0 Å². The van der Waals surface area contributed by atoms with Gasteiger partial charge in [0.2, 0.25) is 0 Å². The van der Waals surface area contributed by atoms with Crippen molar-refractivity contribution in [2.75, 3.05) is 0 Å². The van der Waals surface area contributed by atoms with E-state index < -0.39 is 5.97 Å². The van der Waals surface area contributed by atoms with Crippen LogP contribution in [-0.2, 0) is 4.79 Å². The summed E-state index contributed by atoms with van der Waals surface area (Å²) in [7, 11) is 0. The van der Waals surface area contributed by atoms with Gasteiger partial charge in [0, 0.05) is 12.8 Å². The Balaban J connectivity index is 3.62. The topological polar surface area (TPSA) is 57.5 Å². The number of aliphatic carboxylic acids is 1. The molecule has 3 nitrogen and oxygen atoms in total. The Labute approximate surface area is 140 Å². The number of aliphatic hydroxyl groups is 1. The van der Waals surface area contributed by atoms with Gasteiger partial charge in [-0.25, -0.2) is 0 Å². The number of rotatable bonds is 13. The maximum absolute atomic E-state index is 10.3. The molecule has 0 unspecified atom stereocenters. The van der Waals surface area contributed by atoms with Crippen LogP contribution in [0.4, 0.5) is 0 Å². The van der Waals surface area contributed by atoms with Crippen LogP contribution >= 0.6 is 0 Å². The zero-order valence-corrected chi connectivity index (χ0v) is 14.2. The van der Waals surface area contributed by atoms with Gasteiger partial charge in [0.15, 0.2) is 0 Å². The van der Waals surface area contributed by atoms with E-state index in [2.05, 4.69) is 31.2 Å². The highest BCUT2D eigenvalue weighted by molar-refractivity contribution is 5.66. The fourth-order valence-corrected chi connectivity index (χ4v) is 1.79. The van der Waals surface area contributed by atoms with Crippen LogP contribution in [0.2, 0.25) is 0 Å². The molecule has 0 atom stereocenters. The van der Waals surface area contributed by atoms with E-state index in [0.717, 1.165) is 32.1 Å². The average Bonchev–Trinajstić information content (AvgIpc) is 2.51. The minimum atomic E-state index is -0.731. The summed E-state index contributed by atoms with van der Waals surface area (Å²) in [4.78, 5) is 10.3. The number of carboxylic acid groups (broad SMARTS) is 1. The molecule has 0 aliphatic rings. The second-order valence-electron chi connectivity index (χ2n) is 5.19. The number of aliphatic hydroxyl groups excluding tert-OH is 1. The highest BCUT2D eigenvalue weighted by Crippen LogP contribution is 2.02. The van der Waals surface area contributed by atoms with Gasteiger partial charge in [-0.1, -0.05) is 55.5 Å². The van der Waals surface area contributed by atoms with E-state index in [4.69, 9.17) is 5.11 Å². The maximum atomic E-state index is 10.3. The lowest BCUT2D eigenvalue weighted by atomic mass is 10.2. The lowest BCUT2D eigenvalue weighted by molar-refractivity contribution is -0.137. The van der Waals surface area contributed by atoms with E-state index in [-0.39, 0.29) is 6.42 Å². The number of carboxylic acids is 1. The van der Waals surface area contributed by atoms with E-state index in [1.165, 1.54) is 0 Å². The van der Waals surface area contributed by atoms with Gasteiger partial charge in [0.1, 0.15) is 0 Å². The number of carbonyl (C=O) groups is 1. The largest absolute Gasteiger partial charge is 0.512 e. The zero-order valence-electron chi connectivity index (χ0n) is 14.2. The Kier molecular flexibility index (Phi) is 14.9. The van der Waals surface area contributed by atoms with Gasteiger partial charge < -0.3 is 10.2 Å². The molecule has 128 valence electrons. The average molecular weight is 318 g/mol. The summed E-state index contributed by atoms with van der Waals surface area (Å²) in [5.74, 6) is -0.311. The molecule has 0 saturated heterocycles. The van der Waals surface area contributed by atoms with Crippen molar-refractivity contribution in [2.45, 2.75) is 58.3 Å². The van der Waals surface area contributed by atoms with Gasteiger partial charge in [0.25, 0.3) is 0 Å². The lowest BCUT2D eigenvalue weighted by Crippen LogP contribution is -1.92. The molecule has 0 spiro atoms. The van der Waals surface area contributed by atoms with Crippen molar-refractivity contribution in [3.63, 3.8) is 0 Å². The molecule has 0 fully saturated rings. The first kappa shape index (κ1) is 21.0. The molecule has 23 heavy (non-hydrogen) atoms. The first-order valence-electron chi connectivity index (χ1n) is 8.36. The third-order valence-corrected chi connectivity index (χ3v) is 3.02. The summed E-state index contributed by atoms with van der Waals surface area (Å²) in [5.41, 5.74) is 0. The molecule has 0 saturated carbocycles. The van der Waals surface area contributed by atoms with Gasteiger partial charge in [-0.15, -0.1) is 0 Å². The summed E-state index contributed by atoms with van der Waals surface area (Å²) in [6.45, 7) is 2.07. The van der Waals surface area contributed by atoms with Crippen LogP contribution < -0.4 is 0 Å². The summed E-state index contributed by atoms with van der Waals surface area (Å²) >= 11 is 0. The van der Waals surface area contributed by atoms with Crippen molar-refractivity contribution in [1.82, 2.24) is 0 Å². The molecule has 0 aliphatic carbocycles. The summed E-state index contributed by atoms with van der Waals surface area (Å²) in [6, 6.07) is 0. The van der Waals surface area contributed by atoms with Gasteiger partial charge in [-0.05, 0) is 44.6 Å². The molecule has 0 bridgehead atoms. The molecule has 3 heteroatoms. The fourth-order valence-electron chi connectivity index (χ4n) is 1.79. The lowest BCUT2D eigenvalue weighted by Gasteiger charge is -1.92. The van der Waals surface area contributed by atoms with Crippen molar-refractivity contribution < 1.29 is 15.0 Å². The first-order chi connectivity index (χ1) is 11.2. The van der Waals surface area contributed by atoms with Crippen molar-refractivity contribution in [3.8, 4) is 0 Å². The fraction of sp³-hybridized carbons (Fsp3) is 0.450. The Hall–Kier alpha value is -2.03. The number of allylic oxidation sites excluding steroid dienone is 9. The van der Waals surface area contributed by atoms with Crippen molar-refractivity contribution in [1.29, 1.82) is 0 Å². The molecular formula is C20H30O3. The minimum Gasteiger partial charge on any atom is -0.512 e. The minimum absolute atomic E-state index is 0.240. The van der Waals surface area contributed by atoms with Crippen molar-refractivity contribution in [3.05, 3.63) is 60.4 Å². The number of unbranched alkanes of at least 4 members (excludes halogenated alkanes) is 1. The SMILES string of the molecule is CC/C=C\C/C(O)=C/C/C=C\C/C=C\C/C=C\CCCC(=O)O. The molecule has 0 aliphatic heterocycles. The molecule has 0 amide bonds. The molecule has 0 rings (SSSR count). The molecule has 0 aromatic carbocycles. The van der Waals surface area contributed by atoms with Crippen LogP contribution in [-0.4, -0.2) is 16.2 Å². The smallest absolute Gasteiger partial charge is 0.303 e. The second kappa shape index (κ2) is 16.3. The molecule has 0 heterocycles. The number of hydrogen-bond donors (Lipinski definition) is 2. The molecule has 0 radical (unpaired) electrons. The van der Waals surface area contributed by atoms with Crippen LogP contribution in [0.5, 0.6) is 0 Å². The van der Waals surface area contributed by atoms with E-state index in [0.29, 0.717) is 18.6 Å². The maximum Gasteiger partial charge on any atom is 0.303 e. The van der Waals surface area contributed by atoms with Gasteiger partial charge in [-0.3, -0.25) is 4.79 Å². The van der Waals surface area contributed by atoms with E-state index >= 15 is 0 Å². The number of hydrogen-bond acceptors (Lipinski definition) is 2. The van der Waals surface area contributed by atoms with Crippen LogP contribution in [0.1, 0.15) is 58.3 Å². The Morgan fingerprint density at radius 1 is 0.826 bits per heavy atom. The third-order valence-electron chi connectivity index (χ3n) is 3.02. The van der Waals surface area contributed by atoms with Crippen LogP contribution in [0.15, 0.2) is 60.4 Å². The first-order valence-corrected chi connectivity index (χ1v) is 8.36. The van der Waals surface area contributed by atoms with Gasteiger partial charge >= 0.3 is 5.97 Å². The standard InChI is InChI=1S/C20H30O3/c1-2-3-13-16-19(21)17-14-11-9-7-5-4-6-8-10-12-15-18-20(22)23/h3-5,8-11,13,17,21H,2,6-7,12,14-16,18H2,1H3,(H,22,23)/b5-4-,10-8-,11-9-,13-3-,19-17-. The Morgan fingerprint density at radius 2 is 1.43 bits per heavy atom. The normalized spacial score (nSPS) is 13.2. The zero-order chi connectivity index (χ0) is 17.2. The molecule has 0 aromatic rings. The van der Waals surface area contributed by atoms with Gasteiger partial charge in [-0.2, -0.15) is 0 Å². The van der Waals surface area contributed by atoms with Crippen LogP contribution in [0.3, 0.4) is 0 Å². The van der Waals surface area contributed by atoms with Crippen LogP contribution in [0, 0.1) is 0 Å². The van der Waals surface area contributed by atoms with Crippen LogP contribution in [0.25, 0.3) is 0 Å². The molecular weight excluding hydrogens is 288 g/mol. The summed E-state index contributed by atoms with van der Waals surface area (Å²) in [6.07, 6.45) is 24.2. The van der Waals surface area contributed by atoms with Crippen molar-refractivity contribution >= 4 is 5.97 Å². The Morgan fingerprint density at radius 3 is 2.04 bits per heavy atom. The van der Waals surface area contributed by atoms with E-state index in [9.17, 15) is 9.90 Å². The molecule has 0 aromatic heterocycles. The van der Waals surface area contributed by atoms with Gasteiger partial charge in [0.05, 0.1) is 5.76 Å². The summed E-state index contributed by atoms with van der Waals surface area (Å²) in [5, 5.41) is 18.1. The van der Waals surface area contributed by atoms with E-state index in [1.807, 2.05) is 30.4 Å².